The number of hydrogen-bond donors (Lipinski definition) is 1. The molecule has 0 spiro atoms. The molecule has 1 unspecified atom stereocenters. The van der Waals surface area contributed by atoms with Crippen LogP contribution in [0.3, 0.4) is 0 Å². The Morgan fingerprint density at radius 2 is 2.00 bits per heavy atom. The van der Waals surface area contributed by atoms with Crippen LogP contribution in [0.4, 0.5) is 0 Å². The predicted octanol–water partition coefficient (Wildman–Crippen LogP) is 1.38. The van der Waals surface area contributed by atoms with Crippen LogP contribution < -0.4 is 5.32 Å². The van der Waals surface area contributed by atoms with E-state index in [0.29, 0.717) is 6.04 Å². The molecule has 6 nitrogen and oxygen atoms in total. The van der Waals surface area contributed by atoms with Crippen LogP contribution in [0, 0.1) is 0 Å². The van der Waals surface area contributed by atoms with Gasteiger partial charge in [0.25, 0.3) is 0 Å². The van der Waals surface area contributed by atoms with Crippen LogP contribution in [-0.4, -0.2) is 57.7 Å². The van der Waals surface area contributed by atoms with Gasteiger partial charge in [0.15, 0.2) is 0 Å². The summed E-state index contributed by atoms with van der Waals surface area (Å²) in [5.74, 6) is 0.225. The van der Waals surface area contributed by atoms with Crippen LogP contribution in [0.25, 0.3) is 0 Å². The normalized spacial score (nSPS) is 20.7. The number of carbonyl (C=O) groups excluding carboxylic acids is 1. The lowest BCUT2D eigenvalue weighted by Crippen LogP contribution is -2.50. The predicted molar refractivity (Wildman–Crippen MR) is 90.0 cm³/mol. The van der Waals surface area contributed by atoms with E-state index in [1.165, 1.54) is 11.3 Å². The van der Waals surface area contributed by atoms with E-state index in [1.807, 2.05) is 25.1 Å². The highest BCUT2D eigenvalue weighted by Gasteiger charge is 2.31. The SMILES string of the molecule is CC(C(=O)N(C)C(C)C)N1CCC(n2ncc3c2CNC3)CC1. The fourth-order valence-corrected chi connectivity index (χ4v) is 3.62. The highest BCUT2D eigenvalue weighted by atomic mass is 16.2. The minimum Gasteiger partial charge on any atom is -0.342 e. The molecule has 0 radical (unpaired) electrons. The zero-order chi connectivity index (χ0) is 16.6. The molecule has 3 heterocycles. The summed E-state index contributed by atoms with van der Waals surface area (Å²) in [6, 6.07) is 0.690. The van der Waals surface area contributed by atoms with E-state index < -0.39 is 0 Å². The van der Waals surface area contributed by atoms with Gasteiger partial charge in [-0.05, 0) is 33.6 Å². The lowest BCUT2D eigenvalue weighted by Gasteiger charge is -2.37. The Hall–Kier alpha value is -1.40. The molecule has 0 saturated carbocycles. The molecule has 0 aliphatic carbocycles. The summed E-state index contributed by atoms with van der Waals surface area (Å²) in [7, 11) is 1.90. The van der Waals surface area contributed by atoms with Crippen LogP contribution in [0.2, 0.25) is 0 Å². The molecule has 2 aliphatic rings. The van der Waals surface area contributed by atoms with Gasteiger partial charge in [-0.3, -0.25) is 14.4 Å². The van der Waals surface area contributed by atoms with Gasteiger partial charge in [0.1, 0.15) is 0 Å². The second-order valence-electron chi connectivity index (χ2n) is 7.15. The molecule has 3 rings (SSSR count). The van der Waals surface area contributed by atoms with E-state index in [2.05, 4.69) is 33.8 Å². The van der Waals surface area contributed by atoms with Crippen molar-refractivity contribution in [2.75, 3.05) is 20.1 Å². The van der Waals surface area contributed by atoms with Crippen LogP contribution in [0.15, 0.2) is 6.20 Å². The second kappa shape index (κ2) is 6.61. The summed E-state index contributed by atoms with van der Waals surface area (Å²) in [6.45, 7) is 9.96. The zero-order valence-electron chi connectivity index (χ0n) is 14.7. The van der Waals surface area contributed by atoms with E-state index in [0.717, 1.165) is 39.0 Å². The average molecular weight is 319 g/mol. The summed E-state index contributed by atoms with van der Waals surface area (Å²) < 4.78 is 2.22. The standard InChI is InChI=1S/C17H29N5O/c1-12(2)20(4)17(23)13(3)21-7-5-15(6-8-21)22-16-11-18-9-14(16)10-19-22/h10,12-13,15,18H,5-9,11H2,1-4H3. The fourth-order valence-electron chi connectivity index (χ4n) is 3.62. The Balaban J connectivity index is 1.59. The number of nitrogens with one attached hydrogen (secondary N) is 1. The molecule has 23 heavy (non-hydrogen) atoms. The summed E-state index contributed by atoms with van der Waals surface area (Å²) in [6.07, 6.45) is 4.14. The van der Waals surface area contributed by atoms with Crippen LogP contribution in [0.5, 0.6) is 0 Å². The van der Waals surface area contributed by atoms with Crippen molar-refractivity contribution < 1.29 is 4.79 Å². The van der Waals surface area contributed by atoms with Gasteiger partial charge in [0, 0.05) is 44.8 Å². The van der Waals surface area contributed by atoms with Crippen molar-refractivity contribution in [2.45, 2.75) is 64.8 Å². The first-order valence-corrected chi connectivity index (χ1v) is 8.75. The number of nitrogens with zero attached hydrogens (tertiary/aromatic N) is 4. The highest BCUT2D eigenvalue weighted by molar-refractivity contribution is 5.81. The molecule has 1 saturated heterocycles. The minimum absolute atomic E-state index is 0.0339. The molecule has 1 aromatic rings. The molecular weight excluding hydrogens is 290 g/mol. The smallest absolute Gasteiger partial charge is 0.239 e. The summed E-state index contributed by atoms with van der Waals surface area (Å²) >= 11 is 0. The molecule has 6 heteroatoms. The van der Waals surface area contributed by atoms with E-state index in [1.54, 1.807) is 0 Å². The van der Waals surface area contributed by atoms with Gasteiger partial charge in [-0.15, -0.1) is 0 Å². The molecule has 1 fully saturated rings. The van der Waals surface area contributed by atoms with Gasteiger partial charge in [0.2, 0.25) is 5.91 Å². The molecule has 2 aliphatic heterocycles. The first-order valence-electron chi connectivity index (χ1n) is 8.75. The Bertz CT molecular complexity index is 559. The Kier molecular flexibility index (Phi) is 4.73. The maximum Gasteiger partial charge on any atom is 0.239 e. The van der Waals surface area contributed by atoms with Gasteiger partial charge >= 0.3 is 0 Å². The number of rotatable bonds is 4. The Labute approximate surface area is 138 Å². The summed E-state index contributed by atoms with van der Waals surface area (Å²) in [4.78, 5) is 16.7. The molecule has 1 atom stereocenters. The highest BCUT2D eigenvalue weighted by Crippen LogP contribution is 2.27. The topological polar surface area (TPSA) is 53.4 Å². The second-order valence-corrected chi connectivity index (χ2v) is 7.15. The lowest BCUT2D eigenvalue weighted by atomic mass is 10.0. The van der Waals surface area contributed by atoms with Crippen LogP contribution in [-0.2, 0) is 17.9 Å². The number of hydrogen-bond acceptors (Lipinski definition) is 4. The number of aromatic nitrogens is 2. The number of amides is 1. The Morgan fingerprint density at radius 1 is 1.30 bits per heavy atom. The number of likely N-dealkylation sites (N-methyl/N-ethyl adjacent to an activating group) is 1. The first-order chi connectivity index (χ1) is 11.0. The largest absolute Gasteiger partial charge is 0.342 e. The van der Waals surface area contributed by atoms with Gasteiger partial charge in [0.05, 0.1) is 24.0 Å². The monoisotopic (exact) mass is 319 g/mol. The molecule has 0 aromatic carbocycles. The van der Waals surface area contributed by atoms with Gasteiger partial charge in [-0.1, -0.05) is 0 Å². The lowest BCUT2D eigenvalue weighted by molar-refractivity contribution is -0.137. The number of carbonyl (C=O) groups is 1. The third-order valence-electron chi connectivity index (χ3n) is 5.47. The molecule has 1 amide bonds. The zero-order valence-corrected chi connectivity index (χ0v) is 14.7. The molecule has 0 bridgehead atoms. The molecule has 1 N–H and O–H groups in total. The van der Waals surface area contributed by atoms with Crippen molar-refractivity contribution in [3.05, 3.63) is 17.5 Å². The third-order valence-corrected chi connectivity index (χ3v) is 5.47. The van der Waals surface area contributed by atoms with E-state index in [4.69, 9.17) is 0 Å². The molecule has 128 valence electrons. The van der Waals surface area contributed by atoms with Crippen LogP contribution in [0.1, 0.15) is 50.9 Å². The molecular formula is C17H29N5O. The Morgan fingerprint density at radius 3 is 2.65 bits per heavy atom. The number of piperidine rings is 1. The van der Waals surface area contributed by atoms with Crippen molar-refractivity contribution in [1.29, 1.82) is 0 Å². The quantitative estimate of drug-likeness (QED) is 0.911. The van der Waals surface area contributed by atoms with E-state index >= 15 is 0 Å². The minimum atomic E-state index is -0.0339. The van der Waals surface area contributed by atoms with Crippen molar-refractivity contribution >= 4 is 5.91 Å². The molecule has 1 aromatic heterocycles. The maximum absolute atomic E-state index is 12.5. The van der Waals surface area contributed by atoms with Crippen molar-refractivity contribution in [3.8, 4) is 0 Å². The van der Waals surface area contributed by atoms with Gasteiger partial charge < -0.3 is 10.2 Å². The van der Waals surface area contributed by atoms with Crippen molar-refractivity contribution in [2.24, 2.45) is 0 Å². The van der Waals surface area contributed by atoms with Gasteiger partial charge in [-0.25, -0.2) is 0 Å². The van der Waals surface area contributed by atoms with E-state index in [-0.39, 0.29) is 18.0 Å². The summed E-state index contributed by atoms with van der Waals surface area (Å²) in [5, 5.41) is 7.99. The number of likely N-dealkylation sites (tertiary alicyclic amines) is 1. The van der Waals surface area contributed by atoms with Gasteiger partial charge in [-0.2, -0.15) is 5.10 Å². The van der Waals surface area contributed by atoms with E-state index in [9.17, 15) is 4.79 Å². The fraction of sp³-hybridized carbons (Fsp3) is 0.765. The first kappa shape index (κ1) is 16.5. The van der Waals surface area contributed by atoms with Crippen LogP contribution >= 0.6 is 0 Å². The average Bonchev–Trinajstić information content (AvgIpc) is 3.16. The number of fused-ring (bicyclic) bond motifs is 1. The van der Waals surface area contributed by atoms with Crippen molar-refractivity contribution in [1.82, 2.24) is 24.9 Å². The van der Waals surface area contributed by atoms with Crippen molar-refractivity contribution in [3.63, 3.8) is 0 Å². The summed E-state index contributed by atoms with van der Waals surface area (Å²) in [5.41, 5.74) is 2.70. The maximum atomic E-state index is 12.5. The third kappa shape index (κ3) is 3.15.